The van der Waals surface area contributed by atoms with Gasteiger partial charge >= 0.3 is 0 Å². The number of halogens is 3. The first kappa shape index (κ1) is 18.7. The first-order valence-corrected chi connectivity index (χ1v) is 9.32. The molecular formula is C17H15BrF2N4OS. The second-order valence-corrected chi connectivity index (χ2v) is 7.54. The number of amides is 1. The number of hydrogen-bond acceptors (Lipinski definition) is 4. The third-order valence-corrected chi connectivity index (χ3v) is 5.83. The van der Waals surface area contributed by atoms with E-state index in [-0.39, 0.29) is 12.5 Å². The molecule has 3 aromatic rings. The normalized spacial score (nSPS) is 12.2. The number of aromatic nitrogens is 2. The predicted molar refractivity (Wildman–Crippen MR) is 100.0 cm³/mol. The Hall–Kier alpha value is -2.10. The van der Waals surface area contributed by atoms with Crippen LogP contribution in [0.1, 0.15) is 15.2 Å². The average Bonchev–Trinajstić information content (AvgIpc) is 3.26. The fraction of sp³-hybridized carbons (Fsp3) is 0.176. The third-order valence-electron chi connectivity index (χ3n) is 3.76. The molecule has 26 heavy (non-hydrogen) atoms. The van der Waals surface area contributed by atoms with Gasteiger partial charge in [0.2, 0.25) is 0 Å². The lowest BCUT2D eigenvalue weighted by Crippen LogP contribution is -2.41. The zero-order chi connectivity index (χ0) is 18.7. The fourth-order valence-electron chi connectivity index (χ4n) is 2.45. The summed E-state index contributed by atoms with van der Waals surface area (Å²) in [5, 5.41) is 9.47. The van der Waals surface area contributed by atoms with Gasteiger partial charge in [0.05, 0.1) is 16.0 Å². The first-order valence-electron chi connectivity index (χ1n) is 7.71. The maximum absolute atomic E-state index is 13.3. The van der Waals surface area contributed by atoms with Crippen LogP contribution in [0.15, 0.2) is 41.1 Å². The minimum atomic E-state index is -0.920. The summed E-state index contributed by atoms with van der Waals surface area (Å²) in [7, 11) is 0. The van der Waals surface area contributed by atoms with Crippen LogP contribution in [-0.4, -0.2) is 28.7 Å². The van der Waals surface area contributed by atoms with E-state index in [1.165, 1.54) is 17.4 Å². The van der Waals surface area contributed by atoms with Gasteiger partial charge in [-0.2, -0.15) is 5.10 Å². The van der Waals surface area contributed by atoms with Crippen LogP contribution in [0.4, 0.5) is 8.78 Å². The van der Waals surface area contributed by atoms with Crippen molar-refractivity contribution < 1.29 is 13.6 Å². The van der Waals surface area contributed by atoms with Crippen molar-refractivity contribution in [1.82, 2.24) is 15.5 Å². The second-order valence-electron chi connectivity index (χ2n) is 5.63. The largest absolute Gasteiger partial charge is 0.347 e. The van der Waals surface area contributed by atoms with Crippen molar-refractivity contribution in [3.05, 3.63) is 63.2 Å². The Morgan fingerprint density at radius 1 is 1.35 bits per heavy atom. The van der Waals surface area contributed by atoms with Gasteiger partial charge in [0.15, 0.2) is 11.6 Å². The minimum Gasteiger partial charge on any atom is -0.347 e. The predicted octanol–water partition coefficient (Wildman–Crippen LogP) is 3.48. The van der Waals surface area contributed by atoms with Crippen molar-refractivity contribution in [2.75, 3.05) is 6.54 Å². The number of nitrogens with two attached hydrogens (primary N) is 1. The summed E-state index contributed by atoms with van der Waals surface area (Å²) in [4.78, 5) is 13.9. The summed E-state index contributed by atoms with van der Waals surface area (Å²) in [6.07, 6.45) is 3.72. The molecule has 0 bridgehead atoms. The third kappa shape index (κ3) is 4.17. The van der Waals surface area contributed by atoms with E-state index in [0.717, 1.165) is 27.0 Å². The zero-order valence-electron chi connectivity index (χ0n) is 13.4. The molecule has 0 saturated heterocycles. The molecule has 0 fully saturated rings. The number of carbonyl (C=O) groups is 1. The smallest absolute Gasteiger partial charge is 0.261 e. The number of nitrogens with one attached hydrogen (secondary N) is 2. The maximum Gasteiger partial charge on any atom is 0.261 e. The minimum absolute atomic E-state index is 0.172. The summed E-state index contributed by atoms with van der Waals surface area (Å²) < 4.78 is 27.2. The maximum atomic E-state index is 13.3. The van der Waals surface area contributed by atoms with Crippen molar-refractivity contribution in [3.8, 4) is 10.4 Å². The summed E-state index contributed by atoms with van der Waals surface area (Å²) >= 11 is 4.76. The van der Waals surface area contributed by atoms with Crippen LogP contribution in [0, 0.1) is 11.6 Å². The molecule has 1 amide bonds. The van der Waals surface area contributed by atoms with Gasteiger partial charge in [-0.1, -0.05) is 6.07 Å². The number of benzene rings is 1. The van der Waals surface area contributed by atoms with Crippen LogP contribution in [0.2, 0.25) is 0 Å². The van der Waals surface area contributed by atoms with E-state index in [1.54, 1.807) is 18.5 Å². The molecule has 0 aliphatic rings. The average molecular weight is 441 g/mol. The highest BCUT2D eigenvalue weighted by Crippen LogP contribution is 2.36. The quantitative estimate of drug-likeness (QED) is 0.548. The number of carbonyl (C=O) groups excluding carboxylic acids is 1. The van der Waals surface area contributed by atoms with Crippen molar-refractivity contribution in [2.24, 2.45) is 5.73 Å². The summed E-state index contributed by atoms with van der Waals surface area (Å²) in [5.74, 6) is -2.10. The van der Waals surface area contributed by atoms with E-state index in [1.807, 2.05) is 0 Å². The molecule has 5 nitrogen and oxygen atoms in total. The first-order chi connectivity index (χ1) is 12.5. The van der Waals surface area contributed by atoms with Gasteiger partial charge in [-0.15, -0.1) is 11.3 Å². The molecule has 0 aliphatic carbocycles. The zero-order valence-corrected chi connectivity index (χ0v) is 15.8. The van der Waals surface area contributed by atoms with Gasteiger partial charge < -0.3 is 11.1 Å². The Balaban J connectivity index is 1.71. The van der Waals surface area contributed by atoms with Gasteiger partial charge in [0.25, 0.3) is 5.91 Å². The SMILES string of the molecule is NCC(Cc1ccc(F)c(F)c1)NC(=O)c1cc(Br)c(-c2cn[nH]c2)s1. The Morgan fingerprint density at radius 3 is 2.81 bits per heavy atom. The molecule has 1 atom stereocenters. The number of nitrogens with zero attached hydrogens (tertiary/aromatic N) is 1. The lowest BCUT2D eigenvalue weighted by Gasteiger charge is -2.16. The van der Waals surface area contributed by atoms with Crippen molar-refractivity contribution >= 4 is 33.2 Å². The number of H-pyrrole nitrogens is 1. The summed E-state index contributed by atoms with van der Waals surface area (Å²) in [6.45, 7) is 0.172. The molecule has 0 aliphatic heterocycles. The second kappa shape index (κ2) is 8.07. The van der Waals surface area contributed by atoms with E-state index in [0.29, 0.717) is 16.9 Å². The molecular weight excluding hydrogens is 426 g/mol. The van der Waals surface area contributed by atoms with Gasteiger partial charge in [0.1, 0.15) is 0 Å². The van der Waals surface area contributed by atoms with E-state index in [9.17, 15) is 13.6 Å². The summed E-state index contributed by atoms with van der Waals surface area (Å²) in [5.41, 5.74) is 7.16. The highest BCUT2D eigenvalue weighted by Gasteiger charge is 2.18. The Bertz CT molecular complexity index is 914. The Morgan fingerprint density at radius 2 is 2.15 bits per heavy atom. The van der Waals surface area contributed by atoms with E-state index < -0.39 is 17.7 Å². The standard InChI is InChI=1S/C17H15BrF2N4OS/c18-12-5-15(26-16(12)10-7-22-23-8-10)17(25)24-11(6-21)3-9-1-2-13(19)14(20)4-9/h1-2,4-5,7-8,11H,3,6,21H2,(H,22,23)(H,24,25). The Kier molecular flexibility index (Phi) is 5.80. The van der Waals surface area contributed by atoms with Crippen molar-refractivity contribution in [3.63, 3.8) is 0 Å². The molecule has 2 heterocycles. The van der Waals surface area contributed by atoms with E-state index in [4.69, 9.17) is 5.73 Å². The highest BCUT2D eigenvalue weighted by atomic mass is 79.9. The van der Waals surface area contributed by atoms with Crippen molar-refractivity contribution in [1.29, 1.82) is 0 Å². The molecule has 0 saturated carbocycles. The van der Waals surface area contributed by atoms with Crippen LogP contribution in [-0.2, 0) is 6.42 Å². The molecule has 2 aromatic heterocycles. The van der Waals surface area contributed by atoms with Gasteiger partial charge in [0, 0.05) is 28.8 Å². The molecule has 0 spiro atoms. The van der Waals surface area contributed by atoms with Gasteiger partial charge in [-0.05, 0) is 46.1 Å². The highest BCUT2D eigenvalue weighted by molar-refractivity contribution is 9.10. The molecule has 1 unspecified atom stereocenters. The van der Waals surface area contributed by atoms with Crippen LogP contribution in [0.3, 0.4) is 0 Å². The number of thiophene rings is 1. The lowest BCUT2D eigenvalue weighted by atomic mass is 10.1. The molecule has 9 heteroatoms. The number of aromatic amines is 1. The Labute approximate surface area is 160 Å². The molecule has 3 rings (SSSR count). The number of rotatable bonds is 6. The van der Waals surface area contributed by atoms with Gasteiger partial charge in [-0.25, -0.2) is 8.78 Å². The lowest BCUT2D eigenvalue weighted by molar-refractivity contribution is 0.0942. The molecule has 1 aromatic carbocycles. The fourth-order valence-corrected chi connectivity index (χ4v) is 4.24. The molecule has 0 radical (unpaired) electrons. The summed E-state index contributed by atoms with van der Waals surface area (Å²) in [6, 6.07) is 4.99. The van der Waals surface area contributed by atoms with E-state index in [2.05, 4.69) is 31.4 Å². The molecule has 136 valence electrons. The van der Waals surface area contributed by atoms with Crippen LogP contribution < -0.4 is 11.1 Å². The number of hydrogen-bond donors (Lipinski definition) is 3. The van der Waals surface area contributed by atoms with Crippen LogP contribution >= 0.6 is 27.3 Å². The monoisotopic (exact) mass is 440 g/mol. The molecule has 4 N–H and O–H groups in total. The van der Waals surface area contributed by atoms with Gasteiger partial charge in [-0.3, -0.25) is 9.89 Å². The van der Waals surface area contributed by atoms with Crippen molar-refractivity contribution in [2.45, 2.75) is 12.5 Å². The van der Waals surface area contributed by atoms with Crippen LogP contribution in [0.5, 0.6) is 0 Å². The van der Waals surface area contributed by atoms with E-state index >= 15 is 0 Å². The van der Waals surface area contributed by atoms with Crippen LogP contribution in [0.25, 0.3) is 10.4 Å². The topological polar surface area (TPSA) is 83.8 Å².